The third-order valence-corrected chi connectivity index (χ3v) is 4.98. The maximum Gasteiger partial charge on any atom is 0.215 e. The van der Waals surface area contributed by atoms with Gasteiger partial charge in [-0.25, -0.2) is 9.97 Å². The monoisotopic (exact) mass is 354 g/mol. The quantitative estimate of drug-likeness (QED) is 0.662. The van der Waals surface area contributed by atoms with E-state index < -0.39 is 5.66 Å². The van der Waals surface area contributed by atoms with E-state index in [0.717, 1.165) is 55.1 Å². The molecule has 1 aromatic carbocycles. The Labute approximate surface area is 151 Å². The molecule has 0 saturated carbocycles. The zero-order chi connectivity index (χ0) is 18.1. The Bertz CT molecular complexity index is 913. The molecule has 1 atom stereocenters. The van der Waals surface area contributed by atoms with E-state index in [-0.39, 0.29) is 0 Å². The van der Waals surface area contributed by atoms with Crippen LogP contribution < -0.4 is 10.1 Å². The first-order valence-corrected chi connectivity index (χ1v) is 8.66. The summed E-state index contributed by atoms with van der Waals surface area (Å²) in [7, 11) is 1.63. The molecule has 1 saturated heterocycles. The number of carbonyl (C=O) groups is 1. The third kappa shape index (κ3) is 2.41. The van der Waals surface area contributed by atoms with Crippen molar-refractivity contribution in [2.45, 2.75) is 12.6 Å². The SMILES string of the molecule is COc1ccc2nc(C)n(C(C=O)(c3ncc[nH]3)N3CCNCC3)c2c1. The minimum Gasteiger partial charge on any atom is -0.497 e. The average molecular weight is 354 g/mol. The molecule has 0 amide bonds. The Morgan fingerprint density at radius 2 is 2.12 bits per heavy atom. The number of carbonyl (C=O) groups excluding carboxylic acids is 1. The summed E-state index contributed by atoms with van der Waals surface area (Å²) in [6.45, 7) is 4.98. The second kappa shape index (κ2) is 6.54. The van der Waals surface area contributed by atoms with E-state index in [1.54, 1.807) is 19.5 Å². The van der Waals surface area contributed by atoms with Gasteiger partial charge in [-0.1, -0.05) is 0 Å². The number of nitrogens with one attached hydrogen (secondary N) is 2. The van der Waals surface area contributed by atoms with Gasteiger partial charge in [-0.15, -0.1) is 0 Å². The minimum atomic E-state index is -1.09. The molecular weight excluding hydrogens is 332 g/mol. The minimum absolute atomic E-state index is 0.583. The Kier molecular flexibility index (Phi) is 4.21. The molecule has 8 heteroatoms. The lowest BCUT2D eigenvalue weighted by atomic mass is 10.1. The molecule has 1 fully saturated rings. The van der Waals surface area contributed by atoms with Crippen molar-refractivity contribution < 1.29 is 9.53 Å². The number of hydrogen-bond acceptors (Lipinski definition) is 6. The number of fused-ring (bicyclic) bond motifs is 1. The Morgan fingerprint density at radius 1 is 1.31 bits per heavy atom. The molecular formula is C18H22N6O2. The zero-order valence-electron chi connectivity index (χ0n) is 14.9. The first-order chi connectivity index (χ1) is 12.7. The maximum atomic E-state index is 12.7. The van der Waals surface area contributed by atoms with Gasteiger partial charge in [-0.2, -0.15) is 0 Å². The first-order valence-electron chi connectivity index (χ1n) is 8.66. The van der Waals surface area contributed by atoms with Crippen LogP contribution >= 0.6 is 0 Å². The number of ether oxygens (including phenoxy) is 1. The number of piperazine rings is 1. The molecule has 4 rings (SSSR count). The molecule has 0 spiro atoms. The fourth-order valence-electron chi connectivity index (χ4n) is 3.79. The number of imidazole rings is 2. The lowest BCUT2D eigenvalue weighted by Crippen LogP contribution is -2.59. The fraction of sp³-hybridized carbons (Fsp3) is 0.389. The van der Waals surface area contributed by atoms with Crippen LogP contribution in [0.15, 0.2) is 30.6 Å². The van der Waals surface area contributed by atoms with Gasteiger partial charge in [0.2, 0.25) is 5.66 Å². The molecule has 1 aliphatic rings. The van der Waals surface area contributed by atoms with Crippen molar-refractivity contribution in [3.05, 3.63) is 42.2 Å². The molecule has 136 valence electrons. The van der Waals surface area contributed by atoms with Crippen molar-refractivity contribution in [1.82, 2.24) is 29.7 Å². The molecule has 3 heterocycles. The second-order valence-corrected chi connectivity index (χ2v) is 6.37. The Morgan fingerprint density at radius 3 is 2.77 bits per heavy atom. The van der Waals surface area contributed by atoms with Crippen molar-refractivity contribution in [2.24, 2.45) is 0 Å². The summed E-state index contributed by atoms with van der Waals surface area (Å²) in [4.78, 5) is 27.1. The number of H-pyrrole nitrogens is 1. The van der Waals surface area contributed by atoms with Gasteiger partial charge in [-0.05, 0) is 19.1 Å². The highest BCUT2D eigenvalue weighted by molar-refractivity contribution is 5.81. The molecule has 2 N–H and O–H groups in total. The van der Waals surface area contributed by atoms with E-state index in [1.165, 1.54) is 0 Å². The van der Waals surface area contributed by atoms with E-state index in [9.17, 15) is 4.79 Å². The van der Waals surface area contributed by atoms with Gasteiger partial charge in [0.1, 0.15) is 11.6 Å². The second-order valence-electron chi connectivity index (χ2n) is 6.37. The number of hydrogen-bond donors (Lipinski definition) is 2. The molecule has 1 unspecified atom stereocenters. The van der Waals surface area contributed by atoms with E-state index >= 15 is 0 Å². The number of benzene rings is 1. The van der Waals surface area contributed by atoms with Gasteiger partial charge in [-0.3, -0.25) is 14.3 Å². The van der Waals surface area contributed by atoms with Gasteiger partial charge < -0.3 is 15.0 Å². The zero-order valence-corrected chi connectivity index (χ0v) is 14.9. The topological polar surface area (TPSA) is 88.1 Å². The molecule has 0 aliphatic carbocycles. The largest absolute Gasteiger partial charge is 0.497 e. The van der Waals surface area contributed by atoms with E-state index in [4.69, 9.17) is 4.74 Å². The summed E-state index contributed by atoms with van der Waals surface area (Å²) in [6, 6.07) is 5.70. The number of aromatic amines is 1. The maximum absolute atomic E-state index is 12.7. The fourth-order valence-corrected chi connectivity index (χ4v) is 3.79. The molecule has 0 bridgehead atoms. The summed E-state index contributed by atoms with van der Waals surface area (Å²) < 4.78 is 7.35. The summed E-state index contributed by atoms with van der Waals surface area (Å²) in [5.41, 5.74) is 0.566. The molecule has 3 aromatic rings. The number of aromatic nitrogens is 4. The highest BCUT2D eigenvalue weighted by Gasteiger charge is 2.45. The van der Waals surface area contributed by atoms with Crippen molar-refractivity contribution in [2.75, 3.05) is 33.3 Å². The van der Waals surface area contributed by atoms with Crippen molar-refractivity contribution >= 4 is 17.3 Å². The molecule has 8 nitrogen and oxygen atoms in total. The molecule has 1 aliphatic heterocycles. The number of aryl methyl sites for hydroxylation is 1. The predicted octanol–water partition coefficient (Wildman–Crippen LogP) is 0.882. The number of methoxy groups -OCH3 is 1. The number of aldehydes is 1. The van der Waals surface area contributed by atoms with Gasteiger partial charge in [0, 0.05) is 44.6 Å². The summed E-state index contributed by atoms with van der Waals surface area (Å²) in [6.07, 6.45) is 4.38. The van der Waals surface area contributed by atoms with E-state index in [2.05, 4.69) is 25.2 Å². The van der Waals surface area contributed by atoms with Crippen molar-refractivity contribution in [3.63, 3.8) is 0 Å². The standard InChI is InChI=1S/C18H22N6O2/c1-13-22-15-4-3-14(26-2)11-16(15)24(13)18(12-25,17-20-5-6-21-17)23-9-7-19-8-10-23/h3-6,11-12,19H,7-10H2,1-2H3,(H,20,21). The Hall–Kier alpha value is -2.71. The third-order valence-electron chi connectivity index (χ3n) is 4.98. The van der Waals surface area contributed by atoms with Crippen LogP contribution in [0.3, 0.4) is 0 Å². The van der Waals surface area contributed by atoms with Crippen LogP contribution in [0.1, 0.15) is 11.6 Å². The smallest absolute Gasteiger partial charge is 0.215 e. The highest BCUT2D eigenvalue weighted by atomic mass is 16.5. The van der Waals surface area contributed by atoms with Crippen LogP contribution in [0, 0.1) is 6.92 Å². The van der Waals surface area contributed by atoms with Crippen molar-refractivity contribution in [1.29, 1.82) is 0 Å². The lowest BCUT2D eigenvalue weighted by Gasteiger charge is -2.42. The van der Waals surface area contributed by atoms with E-state index in [1.807, 2.05) is 29.7 Å². The predicted molar refractivity (Wildman–Crippen MR) is 97.2 cm³/mol. The number of nitrogens with zero attached hydrogens (tertiary/aromatic N) is 4. The molecule has 2 aromatic heterocycles. The Balaban J connectivity index is 2.01. The van der Waals surface area contributed by atoms with Gasteiger partial charge >= 0.3 is 0 Å². The van der Waals surface area contributed by atoms with Gasteiger partial charge in [0.05, 0.1) is 18.1 Å². The van der Waals surface area contributed by atoms with Crippen LogP contribution in [-0.4, -0.2) is 64.0 Å². The average Bonchev–Trinajstić information content (AvgIpc) is 3.32. The summed E-state index contributed by atoms with van der Waals surface area (Å²) >= 11 is 0. The summed E-state index contributed by atoms with van der Waals surface area (Å²) in [5.74, 6) is 2.05. The first kappa shape index (κ1) is 16.7. The molecule has 26 heavy (non-hydrogen) atoms. The lowest BCUT2D eigenvalue weighted by molar-refractivity contribution is -0.122. The van der Waals surface area contributed by atoms with Crippen molar-refractivity contribution in [3.8, 4) is 5.75 Å². The summed E-state index contributed by atoms with van der Waals surface area (Å²) in [5, 5.41) is 3.34. The normalized spacial score (nSPS) is 17.9. The van der Waals surface area contributed by atoms with Crippen LogP contribution in [-0.2, 0) is 10.5 Å². The van der Waals surface area contributed by atoms with E-state index in [0.29, 0.717) is 5.82 Å². The van der Waals surface area contributed by atoms with Gasteiger partial charge in [0.15, 0.2) is 12.1 Å². The molecule has 0 radical (unpaired) electrons. The van der Waals surface area contributed by atoms with Crippen LogP contribution in [0.25, 0.3) is 11.0 Å². The van der Waals surface area contributed by atoms with Crippen LogP contribution in [0.5, 0.6) is 5.75 Å². The van der Waals surface area contributed by atoms with Crippen LogP contribution in [0.2, 0.25) is 0 Å². The van der Waals surface area contributed by atoms with Crippen LogP contribution in [0.4, 0.5) is 0 Å². The highest BCUT2D eigenvalue weighted by Crippen LogP contribution is 2.33. The van der Waals surface area contributed by atoms with Gasteiger partial charge in [0.25, 0.3) is 0 Å². The number of rotatable bonds is 5.